The molecule has 152 valence electrons. The van der Waals surface area contributed by atoms with E-state index in [1.807, 2.05) is 22.7 Å². The van der Waals surface area contributed by atoms with Gasteiger partial charge in [0.1, 0.15) is 11.3 Å². The van der Waals surface area contributed by atoms with Gasteiger partial charge in [-0.3, -0.25) is 14.1 Å². The molecule has 1 aromatic carbocycles. The summed E-state index contributed by atoms with van der Waals surface area (Å²) in [6.45, 7) is 0. The normalized spacial score (nSPS) is 11.5. The van der Waals surface area contributed by atoms with Crippen molar-refractivity contribution in [3.8, 4) is 22.6 Å². The van der Waals surface area contributed by atoms with Gasteiger partial charge >= 0.3 is 0 Å². The molecule has 1 N–H and O–H groups in total. The molecule has 9 heteroatoms. The Bertz CT molecular complexity index is 1470. The van der Waals surface area contributed by atoms with Gasteiger partial charge in [-0.1, -0.05) is 18.2 Å². The molecular weight excluding hydrogens is 412 g/mol. The fourth-order valence-electron chi connectivity index (χ4n) is 3.22. The average molecular weight is 428 g/mol. The first kappa shape index (κ1) is 18.9. The second kappa shape index (κ2) is 7.62. The maximum absolute atomic E-state index is 12.6. The van der Waals surface area contributed by atoms with E-state index in [0.717, 1.165) is 22.5 Å². The molecule has 8 nitrogen and oxygen atoms in total. The highest BCUT2D eigenvalue weighted by atomic mass is 32.2. The zero-order chi connectivity index (χ0) is 21.3. The average Bonchev–Trinajstić information content (AvgIpc) is 3.23. The predicted octanol–water partition coefficient (Wildman–Crippen LogP) is 3.65. The van der Waals surface area contributed by atoms with Crippen LogP contribution in [0.5, 0.6) is 0 Å². The second-order valence-electron chi connectivity index (χ2n) is 6.74. The van der Waals surface area contributed by atoms with Crippen LogP contribution < -0.4 is 4.72 Å². The minimum absolute atomic E-state index is 0.188. The first-order valence-electron chi connectivity index (χ1n) is 9.38. The minimum atomic E-state index is -3.70. The van der Waals surface area contributed by atoms with Crippen molar-refractivity contribution in [2.75, 3.05) is 4.72 Å². The number of hydrogen-bond acceptors (Lipinski definition) is 6. The molecule has 0 aliphatic rings. The van der Waals surface area contributed by atoms with Crippen LogP contribution in [-0.2, 0) is 10.0 Å². The Morgan fingerprint density at radius 1 is 0.806 bits per heavy atom. The summed E-state index contributed by atoms with van der Waals surface area (Å²) in [5.41, 5.74) is 3.48. The van der Waals surface area contributed by atoms with Crippen LogP contribution in [0, 0.1) is 0 Å². The lowest BCUT2D eigenvalue weighted by Crippen LogP contribution is -2.13. The lowest BCUT2D eigenvalue weighted by Gasteiger charge is -2.10. The summed E-state index contributed by atoms with van der Waals surface area (Å²) in [5, 5.41) is 0. The molecule has 4 heterocycles. The third-order valence-electron chi connectivity index (χ3n) is 4.68. The molecule has 0 aliphatic carbocycles. The summed E-state index contributed by atoms with van der Waals surface area (Å²) in [6.07, 6.45) is 10.1. The molecule has 0 aliphatic heterocycles. The quantitative estimate of drug-likeness (QED) is 0.458. The largest absolute Gasteiger partial charge is 0.296 e. The zero-order valence-electron chi connectivity index (χ0n) is 16.1. The van der Waals surface area contributed by atoms with E-state index in [0.29, 0.717) is 11.5 Å². The Hall–Kier alpha value is -4.11. The number of aromatic nitrogens is 5. The van der Waals surface area contributed by atoms with Crippen molar-refractivity contribution >= 4 is 21.4 Å². The third-order valence-corrected chi connectivity index (χ3v) is 6.07. The first-order chi connectivity index (χ1) is 15.1. The summed E-state index contributed by atoms with van der Waals surface area (Å²) < 4.78 is 29.7. The molecule has 0 bridgehead atoms. The molecule has 0 atom stereocenters. The number of pyridine rings is 2. The lowest BCUT2D eigenvalue weighted by molar-refractivity contribution is 0.601. The lowest BCUT2D eigenvalue weighted by atomic mass is 10.1. The summed E-state index contributed by atoms with van der Waals surface area (Å²) in [7, 11) is -3.70. The third kappa shape index (κ3) is 3.74. The van der Waals surface area contributed by atoms with Crippen molar-refractivity contribution in [2.45, 2.75) is 4.90 Å². The molecule has 0 fully saturated rings. The summed E-state index contributed by atoms with van der Waals surface area (Å²) in [4.78, 5) is 17.4. The number of imidazole rings is 1. The number of rotatable bonds is 5. The molecule has 0 radical (unpaired) electrons. The summed E-state index contributed by atoms with van der Waals surface area (Å²) in [6, 6.07) is 15.5. The predicted molar refractivity (Wildman–Crippen MR) is 117 cm³/mol. The van der Waals surface area contributed by atoms with Crippen molar-refractivity contribution in [1.29, 1.82) is 0 Å². The molecule has 4 aromatic heterocycles. The van der Waals surface area contributed by atoms with Crippen LogP contribution in [-0.4, -0.2) is 32.8 Å². The molecule has 0 saturated heterocycles. The number of sulfonamides is 1. The van der Waals surface area contributed by atoms with Crippen LogP contribution >= 0.6 is 0 Å². The molecule has 0 unspecified atom stereocenters. The van der Waals surface area contributed by atoms with Gasteiger partial charge in [0, 0.05) is 35.9 Å². The van der Waals surface area contributed by atoms with Gasteiger partial charge in [0.15, 0.2) is 5.82 Å². The summed E-state index contributed by atoms with van der Waals surface area (Å²) >= 11 is 0. The maximum Gasteiger partial charge on any atom is 0.261 e. The number of nitrogens with zero attached hydrogens (tertiary/aromatic N) is 5. The zero-order valence-corrected chi connectivity index (χ0v) is 16.9. The van der Waals surface area contributed by atoms with E-state index in [1.165, 1.54) is 6.20 Å². The van der Waals surface area contributed by atoms with Crippen LogP contribution in [0.4, 0.5) is 5.69 Å². The highest BCUT2D eigenvalue weighted by Crippen LogP contribution is 2.25. The van der Waals surface area contributed by atoms with E-state index in [9.17, 15) is 8.42 Å². The van der Waals surface area contributed by atoms with E-state index >= 15 is 0 Å². The van der Waals surface area contributed by atoms with Crippen LogP contribution in [0.1, 0.15) is 0 Å². The Morgan fingerprint density at radius 3 is 2.42 bits per heavy atom. The smallest absolute Gasteiger partial charge is 0.261 e. The fourth-order valence-corrected chi connectivity index (χ4v) is 4.27. The van der Waals surface area contributed by atoms with Crippen molar-refractivity contribution in [1.82, 2.24) is 24.3 Å². The second-order valence-corrected chi connectivity index (χ2v) is 8.43. The number of fused-ring (bicyclic) bond motifs is 1. The van der Waals surface area contributed by atoms with Gasteiger partial charge in [-0.25, -0.2) is 23.4 Å². The first-order valence-corrected chi connectivity index (χ1v) is 10.9. The molecular formula is C22H16N6O2S. The Balaban J connectivity index is 1.51. The van der Waals surface area contributed by atoms with Crippen LogP contribution in [0.25, 0.3) is 28.3 Å². The summed E-state index contributed by atoms with van der Waals surface area (Å²) in [5.74, 6) is 0.564. The van der Waals surface area contributed by atoms with Gasteiger partial charge in [0.25, 0.3) is 10.0 Å². The SMILES string of the molecule is O=S(=O)(Nc1cncc(-c2ccc3ncc(-c4ncccn4)n3c2)c1)c1ccccc1. The number of hydrogen-bond donors (Lipinski definition) is 1. The van der Waals surface area contributed by atoms with Crippen LogP contribution in [0.2, 0.25) is 0 Å². The van der Waals surface area contributed by atoms with Crippen molar-refractivity contribution in [2.24, 2.45) is 0 Å². The van der Waals surface area contributed by atoms with E-state index in [-0.39, 0.29) is 4.90 Å². The van der Waals surface area contributed by atoms with Gasteiger partial charge < -0.3 is 0 Å². The molecule has 0 spiro atoms. The van der Waals surface area contributed by atoms with Gasteiger partial charge in [0.2, 0.25) is 0 Å². The van der Waals surface area contributed by atoms with E-state index in [2.05, 4.69) is 24.7 Å². The Labute approximate surface area is 178 Å². The van der Waals surface area contributed by atoms with E-state index < -0.39 is 10.0 Å². The fraction of sp³-hybridized carbons (Fsp3) is 0. The molecule has 5 rings (SSSR count). The monoisotopic (exact) mass is 428 g/mol. The van der Waals surface area contributed by atoms with Crippen LogP contribution in [0.15, 0.2) is 96.7 Å². The Kier molecular flexibility index (Phi) is 4.64. The van der Waals surface area contributed by atoms with Gasteiger partial charge in [0.05, 0.1) is 23.0 Å². The highest BCUT2D eigenvalue weighted by Gasteiger charge is 2.15. The standard InChI is InChI=1S/C22H16N6O2S/c29-31(30,19-5-2-1-3-6-19)27-18-11-17(12-23-13-18)16-7-8-21-26-14-20(28(21)15-16)22-24-9-4-10-25-22/h1-15,27H. The van der Waals surface area contributed by atoms with E-state index in [4.69, 9.17) is 0 Å². The number of nitrogens with one attached hydrogen (secondary N) is 1. The van der Waals surface area contributed by atoms with Gasteiger partial charge in [-0.15, -0.1) is 0 Å². The number of anilines is 1. The molecule has 5 aromatic rings. The van der Waals surface area contributed by atoms with Gasteiger partial charge in [-0.2, -0.15) is 0 Å². The van der Waals surface area contributed by atoms with E-state index in [1.54, 1.807) is 67.3 Å². The maximum atomic E-state index is 12.6. The molecule has 0 amide bonds. The topological polar surface area (TPSA) is 102 Å². The highest BCUT2D eigenvalue weighted by molar-refractivity contribution is 7.92. The minimum Gasteiger partial charge on any atom is -0.296 e. The van der Waals surface area contributed by atoms with Crippen molar-refractivity contribution in [3.63, 3.8) is 0 Å². The van der Waals surface area contributed by atoms with Crippen molar-refractivity contribution < 1.29 is 8.42 Å². The number of benzene rings is 1. The Morgan fingerprint density at radius 2 is 1.61 bits per heavy atom. The molecule has 0 saturated carbocycles. The molecule has 31 heavy (non-hydrogen) atoms. The van der Waals surface area contributed by atoms with Crippen molar-refractivity contribution in [3.05, 3.63) is 91.8 Å². The van der Waals surface area contributed by atoms with Gasteiger partial charge in [-0.05, 0) is 36.4 Å². The van der Waals surface area contributed by atoms with Crippen LogP contribution in [0.3, 0.4) is 0 Å².